The van der Waals surface area contributed by atoms with Crippen LogP contribution in [0.4, 0.5) is 0 Å². The van der Waals surface area contributed by atoms with Crippen LogP contribution in [0, 0.1) is 11.3 Å². The van der Waals surface area contributed by atoms with Crippen molar-refractivity contribution < 1.29 is 5.11 Å². The average molecular weight is 184 g/mol. The number of nitrogens with one attached hydrogen (secondary N) is 1. The Balaban J connectivity index is 3.76. The molecule has 0 heterocycles. The molecular formula is C10H20N2O. The molecule has 0 saturated carbocycles. The summed E-state index contributed by atoms with van der Waals surface area (Å²) in [7, 11) is 0. The lowest BCUT2D eigenvalue weighted by Gasteiger charge is -2.30. The van der Waals surface area contributed by atoms with E-state index in [9.17, 15) is 5.11 Å². The Bertz CT molecular complexity index is 151. The van der Waals surface area contributed by atoms with Gasteiger partial charge < -0.3 is 10.4 Å². The summed E-state index contributed by atoms with van der Waals surface area (Å²) in [6.07, 6.45) is 3.29. The van der Waals surface area contributed by atoms with Crippen molar-refractivity contribution in [2.75, 3.05) is 13.2 Å². The monoisotopic (exact) mass is 184 g/mol. The summed E-state index contributed by atoms with van der Waals surface area (Å²) in [6, 6.07) is 2.11. The van der Waals surface area contributed by atoms with Crippen molar-refractivity contribution in [1.82, 2.24) is 5.32 Å². The van der Waals surface area contributed by atoms with Crippen molar-refractivity contribution in [2.24, 2.45) is 0 Å². The van der Waals surface area contributed by atoms with Gasteiger partial charge in [0, 0.05) is 12.0 Å². The molecule has 2 N–H and O–H groups in total. The predicted octanol–water partition coefficient (Wildman–Crippen LogP) is 1.43. The molecule has 0 atom stereocenters. The van der Waals surface area contributed by atoms with Gasteiger partial charge >= 0.3 is 0 Å². The SMILES string of the molecule is CCC(CC)(CO)NCCCC#N. The van der Waals surface area contributed by atoms with E-state index in [-0.39, 0.29) is 12.1 Å². The Morgan fingerprint density at radius 1 is 1.38 bits per heavy atom. The van der Waals surface area contributed by atoms with Crippen LogP contribution in [0.5, 0.6) is 0 Å². The van der Waals surface area contributed by atoms with Crippen LogP contribution in [0.25, 0.3) is 0 Å². The minimum Gasteiger partial charge on any atom is -0.394 e. The molecule has 76 valence electrons. The Kier molecular flexibility index (Phi) is 6.56. The molecule has 0 aromatic heterocycles. The van der Waals surface area contributed by atoms with Crippen LogP contribution in [0.1, 0.15) is 39.5 Å². The van der Waals surface area contributed by atoms with Crippen molar-refractivity contribution in [2.45, 2.75) is 45.1 Å². The van der Waals surface area contributed by atoms with Crippen LogP contribution < -0.4 is 5.32 Å². The van der Waals surface area contributed by atoms with Crippen molar-refractivity contribution >= 4 is 0 Å². The van der Waals surface area contributed by atoms with Crippen LogP contribution in [0.3, 0.4) is 0 Å². The Hall–Kier alpha value is -0.590. The van der Waals surface area contributed by atoms with E-state index in [1.54, 1.807) is 0 Å². The fraction of sp³-hybridized carbons (Fsp3) is 0.900. The normalized spacial score (nSPS) is 11.2. The van der Waals surface area contributed by atoms with Crippen molar-refractivity contribution in [3.8, 4) is 6.07 Å². The first-order chi connectivity index (χ1) is 6.24. The maximum absolute atomic E-state index is 9.21. The zero-order valence-corrected chi connectivity index (χ0v) is 8.64. The van der Waals surface area contributed by atoms with Gasteiger partial charge in [-0.2, -0.15) is 5.26 Å². The van der Waals surface area contributed by atoms with Gasteiger partial charge in [0.2, 0.25) is 0 Å². The molecule has 0 aliphatic heterocycles. The van der Waals surface area contributed by atoms with Crippen LogP contribution in [-0.4, -0.2) is 23.8 Å². The maximum Gasteiger partial charge on any atom is 0.0622 e. The fourth-order valence-corrected chi connectivity index (χ4v) is 1.30. The number of rotatable bonds is 7. The summed E-state index contributed by atoms with van der Waals surface area (Å²) in [5, 5.41) is 20.9. The number of nitrogens with zero attached hydrogens (tertiary/aromatic N) is 1. The largest absolute Gasteiger partial charge is 0.394 e. The average Bonchev–Trinajstić information content (AvgIpc) is 2.20. The first-order valence-corrected chi connectivity index (χ1v) is 4.97. The van der Waals surface area contributed by atoms with Gasteiger partial charge in [-0.25, -0.2) is 0 Å². The zero-order chi connectivity index (χ0) is 10.2. The first-order valence-electron chi connectivity index (χ1n) is 4.97. The van der Waals surface area contributed by atoms with E-state index in [0.29, 0.717) is 6.42 Å². The van der Waals surface area contributed by atoms with Gasteiger partial charge in [-0.1, -0.05) is 13.8 Å². The molecule has 3 nitrogen and oxygen atoms in total. The molecule has 13 heavy (non-hydrogen) atoms. The molecule has 0 fully saturated rings. The third-order valence-electron chi connectivity index (χ3n) is 2.62. The lowest BCUT2D eigenvalue weighted by molar-refractivity contribution is 0.151. The summed E-state index contributed by atoms with van der Waals surface area (Å²) in [5.74, 6) is 0. The number of aliphatic hydroxyl groups is 1. The second-order valence-corrected chi connectivity index (χ2v) is 3.33. The fourth-order valence-electron chi connectivity index (χ4n) is 1.30. The highest BCUT2D eigenvalue weighted by Crippen LogP contribution is 2.13. The minimum absolute atomic E-state index is 0.130. The van der Waals surface area contributed by atoms with Gasteiger partial charge in [0.25, 0.3) is 0 Å². The van der Waals surface area contributed by atoms with Crippen molar-refractivity contribution in [3.63, 3.8) is 0 Å². The van der Waals surface area contributed by atoms with E-state index in [1.807, 2.05) is 0 Å². The van der Waals surface area contributed by atoms with Gasteiger partial charge in [0.15, 0.2) is 0 Å². The third kappa shape index (κ3) is 4.25. The van der Waals surface area contributed by atoms with Crippen molar-refractivity contribution in [1.29, 1.82) is 5.26 Å². The number of hydrogen-bond acceptors (Lipinski definition) is 3. The van der Waals surface area contributed by atoms with Gasteiger partial charge in [-0.05, 0) is 25.8 Å². The van der Waals surface area contributed by atoms with Gasteiger partial charge in [-0.3, -0.25) is 0 Å². The van der Waals surface area contributed by atoms with E-state index < -0.39 is 0 Å². The zero-order valence-electron chi connectivity index (χ0n) is 8.64. The van der Waals surface area contributed by atoms with Gasteiger partial charge in [0.1, 0.15) is 0 Å². The van der Waals surface area contributed by atoms with E-state index >= 15 is 0 Å². The molecule has 0 aromatic carbocycles. The summed E-state index contributed by atoms with van der Waals surface area (Å²) < 4.78 is 0. The molecule has 0 aliphatic rings. The quantitative estimate of drug-likeness (QED) is 0.588. The van der Waals surface area contributed by atoms with Crippen molar-refractivity contribution in [3.05, 3.63) is 0 Å². The van der Waals surface area contributed by atoms with E-state index in [2.05, 4.69) is 25.2 Å². The smallest absolute Gasteiger partial charge is 0.0622 e. The molecule has 0 spiro atoms. The molecule has 0 unspecified atom stereocenters. The van der Waals surface area contributed by atoms with Crippen LogP contribution >= 0.6 is 0 Å². The third-order valence-corrected chi connectivity index (χ3v) is 2.62. The number of unbranched alkanes of at least 4 members (excludes halogenated alkanes) is 1. The number of hydrogen-bond donors (Lipinski definition) is 2. The maximum atomic E-state index is 9.21. The second kappa shape index (κ2) is 6.88. The Morgan fingerprint density at radius 2 is 2.00 bits per heavy atom. The van der Waals surface area contributed by atoms with E-state index in [0.717, 1.165) is 25.8 Å². The summed E-state index contributed by atoms with van der Waals surface area (Å²) in [5.41, 5.74) is -0.130. The molecule has 0 amide bonds. The molecule has 0 bridgehead atoms. The van der Waals surface area contributed by atoms with Gasteiger partial charge in [0.05, 0.1) is 12.7 Å². The predicted molar refractivity (Wildman–Crippen MR) is 53.2 cm³/mol. The molecule has 0 rings (SSSR count). The highest BCUT2D eigenvalue weighted by Gasteiger charge is 2.23. The lowest BCUT2D eigenvalue weighted by atomic mass is 9.94. The van der Waals surface area contributed by atoms with Crippen LogP contribution in [0.15, 0.2) is 0 Å². The highest BCUT2D eigenvalue weighted by atomic mass is 16.3. The molecule has 0 radical (unpaired) electrons. The molecule has 3 heteroatoms. The highest BCUT2D eigenvalue weighted by molar-refractivity contribution is 4.84. The summed E-state index contributed by atoms with van der Waals surface area (Å²) in [6.45, 7) is 5.12. The Morgan fingerprint density at radius 3 is 2.38 bits per heavy atom. The first kappa shape index (κ1) is 12.4. The van der Waals surface area contributed by atoms with E-state index in [4.69, 9.17) is 5.26 Å². The van der Waals surface area contributed by atoms with Crippen LogP contribution in [-0.2, 0) is 0 Å². The topological polar surface area (TPSA) is 56.0 Å². The standard InChI is InChI=1S/C10H20N2O/c1-3-10(4-2,9-13)12-8-6-5-7-11/h12-13H,3-6,8-9H2,1-2H3. The van der Waals surface area contributed by atoms with Gasteiger partial charge in [-0.15, -0.1) is 0 Å². The summed E-state index contributed by atoms with van der Waals surface area (Å²) >= 11 is 0. The Labute approximate surface area is 80.8 Å². The molecule has 0 saturated heterocycles. The molecular weight excluding hydrogens is 164 g/mol. The second-order valence-electron chi connectivity index (χ2n) is 3.33. The number of aliphatic hydroxyl groups excluding tert-OH is 1. The molecule has 0 aromatic rings. The molecule has 0 aliphatic carbocycles. The van der Waals surface area contributed by atoms with Crippen LogP contribution in [0.2, 0.25) is 0 Å². The van der Waals surface area contributed by atoms with E-state index in [1.165, 1.54) is 0 Å². The number of nitriles is 1. The summed E-state index contributed by atoms with van der Waals surface area (Å²) in [4.78, 5) is 0. The minimum atomic E-state index is -0.130. The lowest BCUT2D eigenvalue weighted by Crippen LogP contribution is -2.47.